The van der Waals surface area contributed by atoms with Crippen LogP contribution in [0.3, 0.4) is 0 Å². The Morgan fingerprint density at radius 1 is 1.03 bits per heavy atom. The quantitative estimate of drug-likeness (QED) is 0.552. The van der Waals surface area contributed by atoms with E-state index in [0.717, 1.165) is 30.4 Å². The van der Waals surface area contributed by atoms with Gasteiger partial charge >= 0.3 is 0 Å². The maximum absolute atomic E-state index is 13.0. The van der Waals surface area contributed by atoms with Crippen LogP contribution >= 0.6 is 11.6 Å². The van der Waals surface area contributed by atoms with Crippen LogP contribution < -0.4 is 10.0 Å². The Morgan fingerprint density at radius 2 is 1.77 bits per heavy atom. The van der Waals surface area contributed by atoms with Gasteiger partial charge in [0.15, 0.2) is 0 Å². The Kier molecular flexibility index (Phi) is 6.03. The Hall–Kier alpha value is -2.83. The van der Waals surface area contributed by atoms with Gasteiger partial charge in [-0.25, -0.2) is 8.42 Å². The third-order valence-electron chi connectivity index (χ3n) is 5.47. The molecule has 0 aliphatic heterocycles. The molecule has 5 nitrogen and oxygen atoms in total. The summed E-state index contributed by atoms with van der Waals surface area (Å²) in [6.07, 6.45) is 2.84. The van der Waals surface area contributed by atoms with Crippen LogP contribution in [-0.4, -0.2) is 14.3 Å². The maximum atomic E-state index is 13.0. The molecule has 160 valence electrons. The van der Waals surface area contributed by atoms with Gasteiger partial charge in [0.05, 0.1) is 21.5 Å². The highest BCUT2D eigenvalue weighted by Crippen LogP contribution is 2.30. The minimum atomic E-state index is -3.78. The van der Waals surface area contributed by atoms with Crippen molar-refractivity contribution in [1.29, 1.82) is 0 Å². The third-order valence-corrected chi connectivity index (χ3v) is 7.20. The van der Waals surface area contributed by atoms with Gasteiger partial charge in [-0.05, 0) is 67.6 Å². The molecule has 0 bridgehead atoms. The molecule has 0 heterocycles. The number of carbonyl (C=O) groups is 1. The summed E-state index contributed by atoms with van der Waals surface area (Å²) in [4.78, 5) is 13.1. The summed E-state index contributed by atoms with van der Waals surface area (Å²) in [6, 6.07) is 19.1. The van der Waals surface area contributed by atoms with E-state index in [9.17, 15) is 13.2 Å². The second-order valence-corrected chi connectivity index (χ2v) is 9.82. The van der Waals surface area contributed by atoms with Gasteiger partial charge in [0.2, 0.25) is 0 Å². The summed E-state index contributed by atoms with van der Waals surface area (Å²) in [5.74, 6) is -0.330. The second-order valence-electron chi connectivity index (χ2n) is 7.73. The number of halogens is 1. The second kappa shape index (κ2) is 8.73. The van der Waals surface area contributed by atoms with Gasteiger partial charge in [-0.2, -0.15) is 0 Å². The molecule has 0 spiro atoms. The normalized spacial score (nSPS) is 15.7. The lowest BCUT2D eigenvalue weighted by molar-refractivity contribution is 0.0933. The summed E-state index contributed by atoms with van der Waals surface area (Å²) < 4.78 is 27.9. The van der Waals surface area contributed by atoms with Crippen LogP contribution in [0.2, 0.25) is 5.02 Å². The zero-order valence-electron chi connectivity index (χ0n) is 17.1. The van der Waals surface area contributed by atoms with Gasteiger partial charge < -0.3 is 5.32 Å². The maximum Gasteiger partial charge on any atom is 0.261 e. The van der Waals surface area contributed by atoms with Crippen LogP contribution in [0.15, 0.2) is 71.6 Å². The molecular formula is C24H23ClN2O3S. The van der Waals surface area contributed by atoms with Crippen LogP contribution in [0.25, 0.3) is 0 Å². The fraction of sp³-hybridized carbons (Fsp3) is 0.208. The monoisotopic (exact) mass is 454 g/mol. The number of hydrogen-bond acceptors (Lipinski definition) is 3. The first kappa shape index (κ1) is 21.4. The number of aryl methyl sites for hydroxylation is 2. The molecule has 0 radical (unpaired) electrons. The molecule has 31 heavy (non-hydrogen) atoms. The fourth-order valence-corrected chi connectivity index (χ4v) is 5.09. The first-order valence-electron chi connectivity index (χ1n) is 10.1. The molecular weight excluding hydrogens is 432 g/mol. The van der Waals surface area contributed by atoms with Crippen molar-refractivity contribution in [3.8, 4) is 0 Å². The number of nitrogens with one attached hydrogen (secondary N) is 2. The number of rotatable bonds is 5. The van der Waals surface area contributed by atoms with Crippen molar-refractivity contribution in [2.24, 2.45) is 0 Å². The molecule has 1 aliphatic rings. The highest BCUT2D eigenvalue weighted by molar-refractivity contribution is 7.92. The number of fused-ring (bicyclic) bond motifs is 1. The van der Waals surface area contributed by atoms with Crippen molar-refractivity contribution in [2.75, 3.05) is 4.72 Å². The van der Waals surface area contributed by atoms with Crippen LogP contribution in [0, 0.1) is 6.92 Å². The van der Waals surface area contributed by atoms with Crippen molar-refractivity contribution in [3.05, 3.63) is 94.0 Å². The number of anilines is 1. The Bertz CT molecular complexity index is 1220. The number of amides is 1. The van der Waals surface area contributed by atoms with Gasteiger partial charge in [0, 0.05) is 5.69 Å². The molecule has 0 saturated heterocycles. The molecule has 0 saturated carbocycles. The number of sulfonamides is 1. The molecule has 7 heteroatoms. The van der Waals surface area contributed by atoms with Gasteiger partial charge in [0.1, 0.15) is 0 Å². The molecule has 1 unspecified atom stereocenters. The molecule has 0 aromatic heterocycles. The molecule has 3 aromatic rings. The lowest BCUT2D eigenvalue weighted by atomic mass is 9.87. The van der Waals surface area contributed by atoms with Crippen LogP contribution in [0.1, 0.15) is 45.9 Å². The summed E-state index contributed by atoms with van der Waals surface area (Å²) >= 11 is 6.28. The highest BCUT2D eigenvalue weighted by Gasteiger charge is 2.23. The SMILES string of the molecule is Cc1ccc(S(=O)(=O)Nc2ccc(Cl)c(C(=O)NC3CCCc4ccccc43)c2)cc1. The van der Waals surface area contributed by atoms with E-state index in [0.29, 0.717) is 0 Å². The molecule has 0 fully saturated rings. The Labute approximate surface area is 187 Å². The lowest BCUT2D eigenvalue weighted by Gasteiger charge is -2.26. The standard InChI is InChI=1S/C24H23ClN2O3S/c1-16-9-12-19(13-10-16)31(29,30)27-18-11-14-22(25)21(15-18)24(28)26-23-8-4-6-17-5-2-3-7-20(17)23/h2-3,5,7,9-15,23,27H,4,6,8H2,1H3,(H,26,28). The molecule has 1 amide bonds. The molecule has 2 N–H and O–H groups in total. The van der Waals surface area contributed by atoms with E-state index in [1.807, 2.05) is 25.1 Å². The van der Waals surface area contributed by atoms with Crippen LogP contribution in [0.4, 0.5) is 5.69 Å². The zero-order valence-corrected chi connectivity index (χ0v) is 18.6. The Morgan fingerprint density at radius 3 is 2.55 bits per heavy atom. The lowest BCUT2D eigenvalue weighted by Crippen LogP contribution is -2.31. The zero-order chi connectivity index (χ0) is 22.0. The van der Waals surface area contributed by atoms with Crippen molar-refractivity contribution >= 4 is 33.2 Å². The molecule has 4 rings (SSSR count). The largest absolute Gasteiger partial charge is 0.345 e. The fourth-order valence-electron chi connectivity index (χ4n) is 3.83. The summed E-state index contributed by atoms with van der Waals surface area (Å²) in [6.45, 7) is 1.89. The minimum Gasteiger partial charge on any atom is -0.345 e. The van der Waals surface area contributed by atoms with E-state index in [1.54, 1.807) is 30.3 Å². The predicted octanol–water partition coefficient (Wildman–Crippen LogP) is 5.26. The van der Waals surface area contributed by atoms with Crippen LogP contribution in [-0.2, 0) is 16.4 Å². The number of carbonyl (C=O) groups excluding carboxylic acids is 1. The van der Waals surface area contributed by atoms with Crippen molar-refractivity contribution in [2.45, 2.75) is 37.1 Å². The van der Waals surface area contributed by atoms with E-state index in [-0.39, 0.29) is 33.1 Å². The summed E-state index contributed by atoms with van der Waals surface area (Å²) in [5.41, 5.74) is 3.83. The average molecular weight is 455 g/mol. The van der Waals surface area contributed by atoms with E-state index in [1.165, 1.54) is 17.7 Å². The van der Waals surface area contributed by atoms with E-state index in [4.69, 9.17) is 11.6 Å². The van der Waals surface area contributed by atoms with Gasteiger partial charge in [0.25, 0.3) is 15.9 Å². The van der Waals surface area contributed by atoms with Gasteiger partial charge in [-0.3, -0.25) is 9.52 Å². The summed E-state index contributed by atoms with van der Waals surface area (Å²) in [7, 11) is -3.78. The van der Waals surface area contributed by atoms with Gasteiger partial charge in [-0.1, -0.05) is 53.6 Å². The first-order chi connectivity index (χ1) is 14.8. The topological polar surface area (TPSA) is 75.3 Å². The van der Waals surface area contributed by atoms with E-state index in [2.05, 4.69) is 16.1 Å². The molecule has 1 aliphatic carbocycles. The van der Waals surface area contributed by atoms with Crippen molar-refractivity contribution in [3.63, 3.8) is 0 Å². The van der Waals surface area contributed by atoms with Crippen LogP contribution in [0.5, 0.6) is 0 Å². The number of benzene rings is 3. The smallest absolute Gasteiger partial charge is 0.261 e. The van der Waals surface area contributed by atoms with E-state index >= 15 is 0 Å². The van der Waals surface area contributed by atoms with E-state index < -0.39 is 10.0 Å². The van der Waals surface area contributed by atoms with Crippen molar-refractivity contribution in [1.82, 2.24) is 5.32 Å². The third kappa shape index (κ3) is 4.75. The minimum absolute atomic E-state index is 0.0959. The predicted molar refractivity (Wildman–Crippen MR) is 123 cm³/mol. The first-order valence-corrected chi connectivity index (χ1v) is 12.0. The number of hydrogen-bond donors (Lipinski definition) is 2. The average Bonchev–Trinajstić information content (AvgIpc) is 2.75. The Balaban J connectivity index is 1.55. The van der Waals surface area contributed by atoms with Crippen molar-refractivity contribution < 1.29 is 13.2 Å². The molecule has 3 aromatic carbocycles. The molecule has 1 atom stereocenters. The summed E-state index contributed by atoms with van der Waals surface area (Å²) in [5, 5.41) is 3.32. The van der Waals surface area contributed by atoms with Gasteiger partial charge in [-0.15, -0.1) is 0 Å². The highest BCUT2D eigenvalue weighted by atomic mass is 35.5.